The Morgan fingerprint density at radius 3 is 2.48 bits per heavy atom. The van der Waals surface area contributed by atoms with Gasteiger partial charge in [-0.25, -0.2) is 14.8 Å². The van der Waals surface area contributed by atoms with Crippen molar-refractivity contribution < 1.29 is 23.7 Å². The van der Waals surface area contributed by atoms with Gasteiger partial charge in [-0.05, 0) is 42.7 Å². The standard InChI is InChI=1S/C33H32N4O6S/c1-40-23-16-15-22(27(18-23)42-3)19-37-29(24-12-7-8-14-26(24)41-2)35-31-28(32(37)38)34-30(44-31)25-13-9-17-36(25)33(39)43-20-21-10-5-4-6-11-21/h4-8,10-12,14-16,18,25H,9,13,17,19-20H2,1-3H3/t25-/m1/s1. The number of methoxy groups -OCH3 is 3. The molecule has 0 unspecified atom stereocenters. The van der Waals surface area contributed by atoms with E-state index in [0.717, 1.165) is 24.0 Å². The zero-order chi connectivity index (χ0) is 30.6. The van der Waals surface area contributed by atoms with Gasteiger partial charge in [-0.1, -0.05) is 53.8 Å². The van der Waals surface area contributed by atoms with Gasteiger partial charge in [-0.2, -0.15) is 0 Å². The van der Waals surface area contributed by atoms with Crippen LogP contribution in [-0.2, 0) is 17.9 Å². The van der Waals surface area contributed by atoms with Crippen molar-refractivity contribution in [3.63, 3.8) is 0 Å². The third kappa shape index (κ3) is 5.70. The molecule has 3 heterocycles. The number of nitrogens with zero attached hydrogens (tertiary/aromatic N) is 4. The van der Waals surface area contributed by atoms with E-state index in [1.54, 1.807) is 36.9 Å². The highest BCUT2D eigenvalue weighted by Crippen LogP contribution is 2.37. The molecule has 44 heavy (non-hydrogen) atoms. The van der Waals surface area contributed by atoms with Gasteiger partial charge in [-0.15, -0.1) is 0 Å². The van der Waals surface area contributed by atoms with E-state index >= 15 is 0 Å². The summed E-state index contributed by atoms with van der Waals surface area (Å²) in [6.45, 7) is 0.915. The van der Waals surface area contributed by atoms with E-state index in [2.05, 4.69) is 0 Å². The minimum absolute atomic E-state index is 0.177. The van der Waals surface area contributed by atoms with E-state index in [0.29, 0.717) is 45.0 Å². The Kier molecular flexibility index (Phi) is 8.47. The molecule has 10 nitrogen and oxygen atoms in total. The van der Waals surface area contributed by atoms with Crippen LogP contribution in [0.2, 0.25) is 0 Å². The molecule has 2 aromatic heterocycles. The van der Waals surface area contributed by atoms with Crippen LogP contribution in [0.5, 0.6) is 17.2 Å². The molecule has 5 aromatic rings. The van der Waals surface area contributed by atoms with Crippen molar-refractivity contribution >= 4 is 27.8 Å². The molecule has 1 amide bonds. The van der Waals surface area contributed by atoms with Crippen LogP contribution in [0.1, 0.15) is 35.0 Å². The van der Waals surface area contributed by atoms with Gasteiger partial charge < -0.3 is 18.9 Å². The normalized spacial score (nSPS) is 14.5. The predicted molar refractivity (Wildman–Crippen MR) is 168 cm³/mol. The van der Waals surface area contributed by atoms with Crippen molar-refractivity contribution in [3.8, 4) is 28.6 Å². The number of carbonyl (C=O) groups is 1. The molecule has 0 spiro atoms. The fraction of sp³-hybridized carbons (Fsp3) is 0.273. The zero-order valence-corrected chi connectivity index (χ0v) is 25.5. The number of thiazole rings is 1. The lowest BCUT2D eigenvalue weighted by Gasteiger charge is -2.22. The molecule has 11 heteroatoms. The van der Waals surface area contributed by atoms with Crippen molar-refractivity contribution in [2.45, 2.75) is 32.0 Å². The highest BCUT2D eigenvalue weighted by atomic mass is 32.1. The number of hydrogen-bond donors (Lipinski definition) is 0. The van der Waals surface area contributed by atoms with Crippen LogP contribution in [0.3, 0.4) is 0 Å². The zero-order valence-electron chi connectivity index (χ0n) is 24.7. The van der Waals surface area contributed by atoms with Gasteiger partial charge in [0, 0.05) is 18.2 Å². The smallest absolute Gasteiger partial charge is 0.410 e. The molecule has 1 saturated heterocycles. The van der Waals surface area contributed by atoms with Crippen molar-refractivity contribution in [2.24, 2.45) is 0 Å². The minimum Gasteiger partial charge on any atom is -0.497 e. The van der Waals surface area contributed by atoms with E-state index in [4.69, 9.17) is 28.9 Å². The number of ether oxygens (including phenoxy) is 4. The summed E-state index contributed by atoms with van der Waals surface area (Å²) in [5.74, 6) is 2.25. The lowest BCUT2D eigenvalue weighted by Crippen LogP contribution is -2.31. The molecule has 1 aliphatic rings. The summed E-state index contributed by atoms with van der Waals surface area (Å²) in [5.41, 5.74) is 2.31. The lowest BCUT2D eigenvalue weighted by molar-refractivity contribution is 0.0920. The van der Waals surface area contributed by atoms with E-state index < -0.39 is 6.09 Å². The van der Waals surface area contributed by atoms with Crippen molar-refractivity contribution in [1.29, 1.82) is 0 Å². The predicted octanol–water partition coefficient (Wildman–Crippen LogP) is 6.07. The quantitative estimate of drug-likeness (QED) is 0.198. The molecule has 0 N–H and O–H groups in total. The second-order valence-corrected chi connectivity index (χ2v) is 11.3. The van der Waals surface area contributed by atoms with Crippen LogP contribution in [0.4, 0.5) is 4.79 Å². The Balaban J connectivity index is 1.40. The largest absolute Gasteiger partial charge is 0.497 e. The number of amides is 1. The van der Waals surface area contributed by atoms with E-state index in [1.807, 2.05) is 66.7 Å². The Bertz CT molecular complexity index is 1850. The highest BCUT2D eigenvalue weighted by Gasteiger charge is 2.34. The molecule has 226 valence electrons. The van der Waals surface area contributed by atoms with E-state index in [1.165, 1.54) is 11.3 Å². The summed E-state index contributed by atoms with van der Waals surface area (Å²) in [5, 5.41) is 0.657. The number of carbonyl (C=O) groups excluding carboxylic acids is 1. The second kappa shape index (κ2) is 12.8. The van der Waals surface area contributed by atoms with Crippen LogP contribution in [0, 0.1) is 0 Å². The molecule has 6 rings (SSSR count). The van der Waals surface area contributed by atoms with Gasteiger partial charge in [0.15, 0.2) is 10.3 Å². The lowest BCUT2D eigenvalue weighted by atomic mass is 10.1. The van der Waals surface area contributed by atoms with Crippen molar-refractivity contribution in [3.05, 3.63) is 99.3 Å². The molecule has 1 atom stereocenters. The maximum atomic E-state index is 14.2. The monoisotopic (exact) mass is 612 g/mol. The number of para-hydroxylation sites is 1. The van der Waals surface area contributed by atoms with Crippen LogP contribution >= 0.6 is 11.3 Å². The fourth-order valence-electron chi connectivity index (χ4n) is 5.45. The van der Waals surface area contributed by atoms with Crippen LogP contribution in [0.15, 0.2) is 77.6 Å². The number of rotatable bonds is 9. The van der Waals surface area contributed by atoms with Gasteiger partial charge in [0.25, 0.3) is 5.56 Å². The molecule has 3 aromatic carbocycles. The SMILES string of the molecule is COc1ccc(Cn2c(-c3ccccc3OC)nc3sc([C@H]4CCCN4C(=O)OCc4ccccc4)nc3c2=O)c(OC)c1. The number of hydrogen-bond acceptors (Lipinski definition) is 9. The summed E-state index contributed by atoms with van der Waals surface area (Å²) >= 11 is 1.33. The van der Waals surface area contributed by atoms with Crippen LogP contribution < -0.4 is 19.8 Å². The first-order valence-electron chi connectivity index (χ1n) is 14.2. The first-order valence-corrected chi connectivity index (χ1v) is 15.0. The van der Waals surface area contributed by atoms with Gasteiger partial charge in [0.05, 0.1) is 39.5 Å². The Morgan fingerprint density at radius 1 is 0.932 bits per heavy atom. The molecule has 1 aliphatic heterocycles. The fourth-order valence-corrected chi connectivity index (χ4v) is 6.52. The Hall–Kier alpha value is -4.90. The van der Waals surface area contributed by atoms with Crippen molar-refractivity contribution in [2.75, 3.05) is 27.9 Å². The molecule has 0 radical (unpaired) electrons. The van der Waals surface area contributed by atoms with Crippen molar-refractivity contribution in [1.82, 2.24) is 19.4 Å². The molecular formula is C33H32N4O6S. The molecule has 0 aliphatic carbocycles. The summed E-state index contributed by atoms with van der Waals surface area (Å²) < 4.78 is 23.9. The molecular weight excluding hydrogens is 580 g/mol. The molecule has 1 fully saturated rings. The van der Waals surface area contributed by atoms with Crippen LogP contribution in [-0.4, -0.2) is 53.4 Å². The number of fused-ring (bicyclic) bond motifs is 1. The first-order chi connectivity index (χ1) is 21.5. The van der Waals surface area contributed by atoms with Gasteiger partial charge in [0.2, 0.25) is 0 Å². The summed E-state index contributed by atoms with van der Waals surface area (Å²) in [6.07, 6.45) is 1.13. The van der Waals surface area contributed by atoms with E-state index in [9.17, 15) is 9.59 Å². The van der Waals surface area contributed by atoms with Gasteiger partial charge in [0.1, 0.15) is 34.7 Å². The summed E-state index contributed by atoms with van der Waals surface area (Å²) in [7, 11) is 4.75. The number of likely N-dealkylation sites (tertiary alicyclic amines) is 1. The third-order valence-electron chi connectivity index (χ3n) is 7.68. The maximum Gasteiger partial charge on any atom is 0.410 e. The second-order valence-electron chi connectivity index (χ2n) is 10.3. The van der Waals surface area contributed by atoms with Gasteiger partial charge in [-0.3, -0.25) is 14.3 Å². The minimum atomic E-state index is -0.401. The first kappa shape index (κ1) is 29.2. The summed E-state index contributed by atoms with van der Waals surface area (Å²) in [4.78, 5) is 39.3. The number of aromatic nitrogens is 3. The highest BCUT2D eigenvalue weighted by molar-refractivity contribution is 7.18. The van der Waals surface area contributed by atoms with Crippen LogP contribution in [0.25, 0.3) is 21.7 Å². The molecule has 0 bridgehead atoms. The Morgan fingerprint density at radius 2 is 1.70 bits per heavy atom. The topological polar surface area (TPSA) is 105 Å². The van der Waals surface area contributed by atoms with E-state index in [-0.39, 0.29) is 30.3 Å². The average Bonchev–Trinajstić information content (AvgIpc) is 3.73. The Labute approximate surface area is 258 Å². The number of benzene rings is 3. The molecule has 0 saturated carbocycles. The third-order valence-corrected chi connectivity index (χ3v) is 8.74. The maximum absolute atomic E-state index is 14.2. The average molecular weight is 613 g/mol. The summed E-state index contributed by atoms with van der Waals surface area (Å²) in [6, 6.07) is 22.2. The van der Waals surface area contributed by atoms with Gasteiger partial charge >= 0.3 is 6.09 Å².